The molecule has 0 atom stereocenters. The summed E-state index contributed by atoms with van der Waals surface area (Å²) >= 11 is 1.41. The summed E-state index contributed by atoms with van der Waals surface area (Å²) in [5.41, 5.74) is 3.16. The third-order valence-electron chi connectivity index (χ3n) is 4.54. The SMILES string of the molecule is CCSC1=C(c2ccc(C)cc2)C(=O)N(Cc2ccc(OC)c(OC)c2)C1=O. The van der Waals surface area contributed by atoms with Crippen LogP contribution in [0.1, 0.15) is 23.6 Å². The molecule has 0 saturated heterocycles. The first-order valence-corrected chi connectivity index (χ1v) is 9.99. The lowest BCUT2D eigenvalue weighted by Crippen LogP contribution is -2.31. The van der Waals surface area contributed by atoms with Gasteiger partial charge in [-0.3, -0.25) is 14.5 Å². The molecule has 5 nitrogen and oxygen atoms in total. The number of aryl methyl sites for hydroxylation is 1. The second kappa shape index (κ2) is 8.52. The number of amides is 2. The number of carbonyl (C=O) groups excluding carboxylic acids is 2. The van der Waals surface area contributed by atoms with E-state index in [1.165, 1.54) is 16.7 Å². The van der Waals surface area contributed by atoms with Crippen molar-refractivity contribution >= 4 is 29.1 Å². The highest BCUT2D eigenvalue weighted by Crippen LogP contribution is 2.37. The van der Waals surface area contributed by atoms with Crippen molar-refractivity contribution in [3.8, 4) is 11.5 Å². The minimum atomic E-state index is -0.264. The van der Waals surface area contributed by atoms with E-state index in [2.05, 4.69) is 0 Å². The van der Waals surface area contributed by atoms with Gasteiger partial charge in [-0.25, -0.2) is 0 Å². The molecule has 0 aliphatic carbocycles. The highest BCUT2D eigenvalue weighted by molar-refractivity contribution is 8.04. The number of benzene rings is 2. The van der Waals surface area contributed by atoms with Gasteiger partial charge in [-0.2, -0.15) is 0 Å². The standard InChI is InChI=1S/C22H23NO4S/c1-5-28-20-19(16-9-6-14(2)7-10-16)21(24)23(22(20)25)13-15-8-11-17(26-3)18(12-15)27-4/h6-12H,5,13H2,1-4H3. The zero-order valence-corrected chi connectivity index (χ0v) is 17.3. The highest BCUT2D eigenvalue weighted by atomic mass is 32.2. The molecule has 3 rings (SSSR count). The molecule has 0 radical (unpaired) electrons. The molecule has 0 unspecified atom stereocenters. The first-order chi connectivity index (χ1) is 13.5. The fourth-order valence-electron chi connectivity index (χ4n) is 3.11. The largest absolute Gasteiger partial charge is 0.493 e. The maximum atomic E-state index is 13.1. The maximum Gasteiger partial charge on any atom is 0.268 e. The molecule has 2 aromatic rings. The third-order valence-corrected chi connectivity index (χ3v) is 5.50. The molecule has 6 heteroatoms. The number of rotatable bonds is 7. The summed E-state index contributed by atoms with van der Waals surface area (Å²) < 4.78 is 10.6. The van der Waals surface area contributed by atoms with Crippen molar-refractivity contribution in [3.05, 3.63) is 64.1 Å². The average molecular weight is 397 g/mol. The number of hydrogen-bond acceptors (Lipinski definition) is 5. The summed E-state index contributed by atoms with van der Waals surface area (Å²) in [5.74, 6) is 1.37. The van der Waals surface area contributed by atoms with Crippen LogP contribution in [0.15, 0.2) is 47.4 Å². The molecule has 1 aliphatic rings. The van der Waals surface area contributed by atoms with E-state index in [0.29, 0.717) is 27.7 Å². The van der Waals surface area contributed by atoms with E-state index >= 15 is 0 Å². The van der Waals surface area contributed by atoms with Gasteiger partial charge < -0.3 is 9.47 Å². The van der Waals surface area contributed by atoms with E-state index in [4.69, 9.17) is 9.47 Å². The summed E-state index contributed by atoms with van der Waals surface area (Å²) in [7, 11) is 3.12. The van der Waals surface area contributed by atoms with E-state index in [-0.39, 0.29) is 18.4 Å². The van der Waals surface area contributed by atoms with Crippen LogP contribution < -0.4 is 9.47 Å². The molecule has 0 aromatic heterocycles. The minimum Gasteiger partial charge on any atom is -0.493 e. The molecule has 1 heterocycles. The van der Waals surface area contributed by atoms with Gasteiger partial charge in [0, 0.05) is 0 Å². The van der Waals surface area contributed by atoms with Crippen LogP contribution >= 0.6 is 11.8 Å². The minimum absolute atomic E-state index is 0.182. The second-order valence-electron chi connectivity index (χ2n) is 6.39. The Morgan fingerprint density at radius 3 is 2.21 bits per heavy atom. The Morgan fingerprint density at radius 1 is 0.929 bits per heavy atom. The van der Waals surface area contributed by atoms with Crippen molar-refractivity contribution in [2.24, 2.45) is 0 Å². The quantitative estimate of drug-likeness (QED) is 0.660. The van der Waals surface area contributed by atoms with Gasteiger partial charge in [0.1, 0.15) is 0 Å². The fourth-order valence-corrected chi connectivity index (χ4v) is 3.98. The molecule has 0 N–H and O–H groups in total. The number of thioether (sulfide) groups is 1. The van der Waals surface area contributed by atoms with Crippen LogP contribution in [0.4, 0.5) is 0 Å². The number of methoxy groups -OCH3 is 2. The van der Waals surface area contributed by atoms with Gasteiger partial charge in [0.15, 0.2) is 11.5 Å². The van der Waals surface area contributed by atoms with Gasteiger partial charge in [-0.15, -0.1) is 11.8 Å². The van der Waals surface area contributed by atoms with E-state index in [9.17, 15) is 9.59 Å². The van der Waals surface area contributed by atoms with E-state index in [1.54, 1.807) is 26.4 Å². The first-order valence-electron chi connectivity index (χ1n) is 9.01. The van der Waals surface area contributed by atoms with Crippen LogP contribution in [0, 0.1) is 6.92 Å². The summed E-state index contributed by atoms with van der Waals surface area (Å²) in [5, 5.41) is 0. The van der Waals surface area contributed by atoms with Gasteiger partial charge in [-0.1, -0.05) is 42.8 Å². The Bertz CT molecular complexity index is 934. The Kier molecular flexibility index (Phi) is 6.09. The van der Waals surface area contributed by atoms with Crippen molar-refractivity contribution in [2.75, 3.05) is 20.0 Å². The van der Waals surface area contributed by atoms with E-state index in [1.807, 2.05) is 44.2 Å². The normalized spacial score (nSPS) is 14.1. The summed E-state index contributed by atoms with van der Waals surface area (Å²) in [4.78, 5) is 28.0. The van der Waals surface area contributed by atoms with Crippen molar-refractivity contribution < 1.29 is 19.1 Å². The molecule has 0 fully saturated rings. The van der Waals surface area contributed by atoms with E-state index < -0.39 is 0 Å². The molecule has 0 spiro atoms. The monoisotopic (exact) mass is 397 g/mol. The zero-order valence-electron chi connectivity index (χ0n) is 16.4. The van der Waals surface area contributed by atoms with Crippen molar-refractivity contribution in [1.82, 2.24) is 4.90 Å². The molecule has 2 aromatic carbocycles. The Morgan fingerprint density at radius 2 is 1.61 bits per heavy atom. The van der Waals surface area contributed by atoms with E-state index in [0.717, 1.165) is 16.7 Å². The van der Waals surface area contributed by atoms with Crippen LogP contribution in [-0.2, 0) is 16.1 Å². The smallest absolute Gasteiger partial charge is 0.268 e. The number of carbonyl (C=O) groups is 2. The van der Waals surface area contributed by atoms with Gasteiger partial charge in [0.05, 0.1) is 31.2 Å². The number of imide groups is 1. The van der Waals surface area contributed by atoms with Gasteiger partial charge in [0.25, 0.3) is 11.8 Å². The van der Waals surface area contributed by atoms with Crippen molar-refractivity contribution in [2.45, 2.75) is 20.4 Å². The molecular formula is C22H23NO4S. The number of nitrogens with zero attached hydrogens (tertiary/aromatic N) is 1. The van der Waals surface area contributed by atoms with Crippen molar-refractivity contribution in [3.63, 3.8) is 0 Å². The fraction of sp³-hybridized carbons (Fsp3) is 0.273. The topological polar surface area (TPSA) is 55.8 Å². The van der Waals surface area contributed by atoms with Crippen LogP contribution in [0.5, 0.6) is 11.5 Å². The summed E-state index contributed by atoms with van der Waals surface area (Å²) in [6, 6.07) is 13.1. The highest BCUT2D eigenvalue weighted by Gasteiger charge is 2.38. The zero-order chi connectivity index (χ0) is 20.3. The van der Waals surface area contributed by atoms with Crippen LogP contribution in [0.2, 0.25) is 0 Å². The molecule has 0 saturated carbocycles. The molecule has 1 aliphatic heterocycles. The lowest BCUT2D eigenvalue weighted by Gasteiger charge is -2.16. The molecular weight excluding hydrogens is 374 g/mol. The van der Waals surface area contributed by atoms with Crippen LogP contribution in [-0.4, -0.2) is 36.7 Å². The third kappa shape index (κ3) is 3.78. The number of hydrogen-bond donors (Lipinski definition) is 0. The maximum absolute atomic E-state index is 13.1. The summed E-state index contributed by atoms with van der Waals surface area (Å²) in [6.07, 6.45) is 0. The molecule has 2 amide bonds. The van der Waals surface area contributed by atoms with Gasteiger partial charge in [0.2, 0.25) is 0 Å². The van der Waals surface area contributed by atoms with Crippen LogP contribution in [0.3, 0.4) is 0 Å². The first kappa shape index (κ1) is 20.0. The summed E-state index contributed by atoms with van der Waals surface area (Å²) in [6.45, 7) is 4.14. The van der Waals surface area contributed by atoms with Gasteiger partial charge >= 0.3 is 0 Å². The molecule has 0 bridgehead atoms. The lowest BCUT2D eigenvalue weighted by molar-refractivity contribution is -0.137. The molecule has 28 heavy (non-hydrogen) atoms. The second-order valence-corrected chi connectivity index (χ2v) is 7.66. The Labute approximate surface area is 169 Å². The van der Waals surface area contributed by atoms with Gasteiger partial charge in [-0.05, 0) is 35.9 Å². The Balaban J connectivity index is 1.94. The predicted molar refractivity (Wildman–Crippen MR) is 111 cm³/mol. The number of ether oxygens (including phenoxy) is 2. The lowest BCUT2D eigenvalue weighted by atomic mass is 10.0. The average Bonchev–Trinajstić information content (AvgIpc) is 2.93. The van der Waals surface area contributed by atoms with Crippen LogP contribution in [0.25, 0.3) is 5.57 Å². The Hall–Kier alpha value is -2.73. The molecule has 146 valence electrons. The predicted octanol–water partition coefficient (Wildman–Crippen LogP) is 4.05. The van der Waals surface area contributed by atoms with Crippen molar-refractivity contribution in [1.29, 1.82) is 0 Å².